The van der Waals surface area contributed by atoms with Gasteiger partial charge in [-0.2, -0.15) is 0 Å². The highest BCUT2D eigenvalue weighted by Crippen LogP contribution is 2.16. The Hall–Kier alpha value is -0.590. The third kappa shape index (κ3) is 2.68. The molecule has 0 fully saturated rings. The van der Waals surface area contributed by atoms with E-state index in [1.54, 1.807) is 13.3 Å². The van der Waals surface area contributed by atoms with Crippen molar-refractivity contribution in [2.45, 2.75) is 16.8 Å². The number of carbonyl (C=O) groups excluding carboxylic acids is 1. The topological polar surface area (TPSA) is 67.5 Å². The summed E-state index contributed by atoms with van der Waals surface area (Å²) < 4.78 is -0.00101. The predicted octanol–water partition coefficient (Wildman–Crippen LogP) is 0.571. The third-order valence-electron chi connectivity index (χ3n) is 1.81. The number of aliphatic imine (C=N–C) groups is 1. The van der Waals surface area contributed by atoms with E-state index in [0.29, 0.717) is 11.4 Å². The molecule has 0 spiro atoms. The second-order valence-electron chi connectivity index (χ2n) is 2.82. The molecule has 1 heterocycles. The van der Waals surface area contributed by atoms with Crippen molar-refractivity contribution in [1.29, 1.82) is 0 Å². The smallest absolute Gasteiger partial charge is 0.237 e. The molecule has 4 nitrogen and oxygen atoms in total. The Morgan fingerprint density at radius 3 is 3.08 bits per heavy atom. The van der Waals surface area contributed by atoms with Gasteiger partial charge in [0.05, 0.1) is 9.62 Å². The zero-order valence-electron chi connectivity index (χ0n) is 7.38. The lowest BCUT2D eigenvalue weighted by molar-refractivity contribution is -0.119. The molecule has 0 aromatic heterocycles. The van der Waals surface area contributed by atoms with Crippen molar-refractivity contribution in [1.82, 2.24) is 5.32 Å². The number of alkyl halides is 1. The van der Waals surface area contributed by atoms with Gasteiger partial charge in [0.15, 0.2) is 0 Å². The summed E-state index contributed by atoms with van der Waals surface area (Å²) >= 11 is 2.12. The maximum Gasteiger partial charge on any atom is 0.237 e. The molecule has 72 valence electrons. The lowest BCUT2D eigenvalue weighted by atomic mass is 10.2. The van der Waals surface area contributed by atoms with Crippen LogP contribution in [0.5, 0.6) is 0 Å². The van der Waals surface area contributed by atoms with Gasteiger partial charge in [-0.15, -0.1) is 0 Å². The molecule has 0 saturated carbocycles. The molecule has 0 bridgehead atoms. The standard InChI is InChI=1S/C8H12IN3O/c1-11-4-7-6(10)3-2-5(9)8(13)12-7/h4-5H,2-3,10H2,1H3,(H,12,13). The van der Waals surface area contributed by atoms with Crippen LogP contribution in [-0.4, -0.2) is 23.1 Å². The van der Waals surface area contributed by atoms with E-state index in [9.17, 15) is 4.79 Å². The number of allylic oxidation sites excluding steroid dienone is 2. The number of amides is 1. The number of carbonyl (C=O) groups is 1. The summed E-state index contributed by atoms with van der Waals surface area (Å²) in [5, 5.41) is 2.74. The molecule has 1 rings (SSSR count). The number of nitrogens with two attached hydrogens (primary N) is 1. The Morgan fingerprint density at radius 2 is 2.46 bits per heavy atom. The third-order valence-corrected chi connectivity index (χ3v) is 3.00. The van der Waals surface area contributed by atoms with Gasteiger partial charge < -0.3 is 11.1 Å². The van der Waals surface area contributed by atoms with E-state index in [1.165, 1.54) is 0 Å². The predicted molar refractivity (Wildman–Crippen MR) is 60.8 cm³/mol. The Kier molecular flexibility index (Phi) is 3.71. The van der Waals surface area contributed by atoms with E-state index < -0.39 is 0 Å². The van der Waals surface area contributed by atoms with Gasteiger partial charge in [-0.25, -0.2) is 0 Å². The number of rotatable bonds is 1. The molecular weight excluding hydrogens is 281 g/mol. The molecule has 5 heteroatoms. The van der Waals surface area contributed by atoms with E-state index >= 15 is 0 Å². The number of halogens is 1. The summed E-state index contributed by atoms with van der Waals surface area (Å²) in [6, 6.07) is 0. The summed E-state index contributed by atoms with van der Waals surface area (Å²) in [4.78, 5) is 15.2. The fourth-order valence-electron chi connectivity index (χ4n) is 1.08. The fraction of sp³-hybridized carbons (Fsp3) is 0.500. The van der Waals surface area contributed by atoms with Gasteiger partial charge >= 0.3 is 0 Å². The van der Waals surface area contributed by atoms with Crippen LogP contribution >= 0.6 is 22.6 Å². The second kappa shape index (κ2) is 4.59. The molecular formula is C8H12IN3O. The molecule has 0 saturated heterocycles. The number of hydrogen-bond donors (Lipinski definition) is 2. The summed E-state index contributed by atoms with van der Waals surface area (Å²) in [5.41, 5.74) is 7.11. The minimum atomic E-state index is -0.00101. The lowest BCUT2D eigenvalue weighted by Gasteiger charge is -2.05. The number of nitrogens with zero attached hydrogens (tertiary/aromatic N) is 1. The van der Waals surface area contributed by atoms with Gasteiger partial charge in [0, 0.05) is 19.0 Å². The molecule has 0 aromatic rings. The molecule has 13 heavy (non-hydrogen) atoms. The molecule has 0 aromatic carbocycles. The van der Waals surface area contributed by atoms with Crippen LogP contribution < -0.4 is 11.1 Å². The van der Waals surface area contributed by atoms with E-state index in [2.05, 4.69) is 32.9 Å². The minimum absolute atomic E-state index is 0.00101. The minimum Gasteiger partial charge on any atom is -0.400 e. The number of nitrogens with one attached hydrogen (secondary N) is 1. The fourth-order valence-corrected chi connectivity index (χ4v) is 1.55. The Bertz CT molecular complexity index is 273. The number of hydrogen-bond acceptors (Lipinski definition) is 3. The Balaban J connectivity index is 2.85. The van der Waals surface area contributed by atoms with Crippen molar-refractivity contribution in [3.63, 3.8) is 0 Å². The van der Waals surface area contributed by atoms with Crippen molar-refractivity contribution < 1.29 is 4.79 Å². The lowest BCUT2D eigenvalue weighted by Crippen LogP contribution is -2.29. The van der Waals surface area contributed by atoms with E-state index in [0.717, 1.165) is 12.8 Å². The van der Waals surface area contributed by atoms with Crippen molar-refractivity contribution in [3.05, 3.63) is 11.4 Å². The highest BCUT2D eigenvalue weighted by atomic mass is 127. The van der Waals surface area contributed by atoms with Crippen LogP contribution in [0.4, 0.5) is 0 Å². The average Bonchev–Trinajstić information content (AvgIpc) is 2.21. The molecule has 1 aliphatic rings. The first-order valence-corrected chi connectivity index (χ1v) is 5.25. The van der Waals surface area contributed by atoms with E-state index in [1.807, 2.05) is 0 Å². The van der Waals surface area contributed by atoms with Gasteiger partial charge in [0.2, 0.25) is 5.91 Å². The first-order chi connectivity index (χ1) is 6.15. The monoisotopic (exact) mass is 293 g/mol. The van der Waals surface area contributed by atoms with Gasteiger partial charge in [-0.05, 0) is 12.8 Å². The SMILES string of the molecule is CN=CC1=C(N)CCC(I)C(=O)N1. The summed E-state index contributed by atoms with van der Waals surface area (Å²) in [7, 11) is 1.65. The molecule has 3 N–H and O–H groups in total. The van der Waals surface area contributed by atoms with Crippen LogP contribution in [0.25, 0.3) is 0 Å². The maximum absolute atomic E-state index is 11.4. The first-order valence-electron chi connectivity index (χ1n) is 4.01. The average molecular weight is 293 g/mol. The normalized spacial score (nSPS) is 24.8. The Labute approximate surface area is 90.8 Å². The van der Waals surface area contributed by atoms with Crippen LogP contribution in [-0.2, 0) is 4.79 Å². The van der Waals surface area contributed by atoms with Gasteiger partial charge in [0.25, 0.3) is 0 Å². The van der Waals surface area contributed by atoms with Gasteiger partial charge in [0.1, 0.15) is 0 Å². The maximum atomic E-state index is 11.4. The highest BCUT2D eigenvalue weighted by molar-refractivity contribution is 14.1. The van der Waals surface area contributed by atoms with Crippen LogP contribution in [0.15, 0.2) is 16.4 Å². The molecule has 1 unspecified atom stereocenters. The molecule has 1 atom stereocenters. The van der Waals surface area contributed by atoms with E-state index in [4.69, 9.17) is 5.73 Å². The quantitative estimate of drug-likeness (QED) is 0.422. The van der Waals surface area contributed by atoms with Crippen LogP contribution in [0.3, 0.4) is 0 Å². The van der Waals surface area contributed by atoms with Gasteiger partial charge in [-0.3, -0.25) is 9.79 Å². The second-order valence-corrected chi connectivity index (χ2v) is 4.33. The first kappa shape index (κ1) is 10.5. The van der Waals surface area contributed by atoms with E-state index in [-0.39, 0.29) is 9.83 Å². The zero-order valence-corrected chi connectivity index (χ0v) is 9.54. The van der Waals surface area contributed by atoms with Crippen LogP contribution in [0.2, 0.25) is 0 Å². The van der Waals surface area contributed by atoms with Crippen LogP contribution in [0, 0.1) is 0 Å². The molecule has 0 aliphatic carbocycles. The van der Waals surface area contributed by atoms with Crippen molar-refractivity contribution in [2.75, 3.05) is 7.05 Å². The molecule has 1 amide bonds. The largest absolute Gasteiger partial charge is 0.400 e. The molecule has 0 radical (unpaired) electrons. The van der Waals surface area contributed by atoms with Crippen molar-refractivity contribution >= 4 is 34.7 Å². The summed E-state index contributed by atoms with van der Waals surface area (Å²) in [6.07, 6.45) is 3.12. The summed E-state index contributed by atoms with van der Waals surface area (Å²) in [6.45, 7) is 0. The highest BCUT2D eigenvalue weighted by Gasteiger charge is 2.20. The zero-order chi connectivity index (χ0) is 9.84. The van der Waals surface area contributed by atoms with Gasteiger partial charge in [-0.1, -0.05) is 22.6 Å². The molecule has 1 aliphatic heterocycles. The van der Waals surface area contributed by atoms with Crippen LogP contribution in [0.1, 0.15) is 12.8 Å². The Morgan fingerprint density at radius 1 is 1.77 bits per heavy atom. The summed E-state index contributed by atoms with van der Waals surface area (Å²) in [5.74, 6) is 0.0101. The van der Waals surface area contributed by atoms with Crippen molar-refractivity contribution in [3.8, 4) is 0 Å². The van der Waals surface area contributed by atoms with Crippen molar-refractivity contribution in [2.24, 2.45) is 10.7 Å².